The molecular formula is C20H27N2O8+. The van der Waals surface area contributed by atoms with Gasteiger partial charge in [0.05, 0.1) is 32.7 Å². The summed E-state index contributed by atoms with van der Waals surface area (Å²) in [6, 6.07) is 5.11. The molecule has 0 amide bonds. The number of aliphatic carboxylic acids is 3. The van der Waals surface area contributed by atoms with Crippen LogP contribution in [0.1, 0.15) is 24.5 Å². The number of aliphatic hydroxyl groups is 2. The Kier molecular flexibility index (Phi) is 7.65. The van der Waals surface area contributed by atoms with E-state index in [-0.39, 0.29) is 39.3 Å². The van der Waals surface area contributed by atoms with Crippen molar-refractivity contribution >= 4 is 29.3 Å². The standard InChI is InChI=1S/C20H26N2O8/c1-13-20(11-23,12-24)15-7-14(8-17(25)26)3-4-16(15)22(13)6-2-5-21(9-18(27)28)10-19(29)30/h3-4,7,23-24H,2,5-6,8-12H2,1H3,(H2-,25,26,27,28,29,30)/p+1. The van der Waals surface area contributed by atoms with Crippen molar-refractivity contribution in [1.29, 1.82) is 0 Å². The van der Waals surface area contributed by atoms with Crippen LogP contribution >= 0.6 is 0 Å². The van der Waals surface area contributed by atoms with E-state index in [4.69, 9.17) is 15.3 Å². The van der Waals surface area contributed by atoms with Crippen LogP contribution in [0.4, 0.5) is 5.69 Å². The van der Waals surface area contributed by atoms with Crippen molar-refractivity contribution < 1.29 is 44.5 Å². The van der Waals surface area contributed by atoms with Crippen LogP contribution in [0.15, 0.2) is 18.2 Å². The van der Waals surface area contributed by atoms with Crippen LogP contribution in [0.3, 0.4) is 0 Å². The summed E-state index contributed by atoms with van der Waals surface area (Å²) < 4.78 is 1.89. The molecule has 30 heavy (non-hydrogen) atoms. The number of hydrogen-bond acceptors (Lipinski definition) is 6. The van der Waals surface area contributed by atoms with Gasteiger partial charge in [-0.15, -0.1) is 0 Å². The zero-order chi connectivity index (χ0) is 22.5. The summed E-state index contributed by atoms with van der Waals surface area (Å²) >= 11 is 0. The molecular weight excluding hydrogens is 396 g/mol. The van der Waals surface area contributed by atoms with E-state index in [0.717, 1.165) is 5.69 Å². The summed E-state index contributed by atoms with van der Waals surface area (Å²) in [5, 5.41) is 47.1. The van der Waals surface area contributed by atoms with Gasteiger partial charge in [-0.2, -0.15) is 4.58 Å². The van der Waals surface area contributed by atoms with E-state index in [1.54, 1.807) is 25.1 Å². The highest BCUT2D eigenvalue weighted by atomic mass is 16.4. The highest BCUT2D eigenvalue weighted by Gasteiger charge is 2.49. The van der Waals surface area contributed by atoms with E-state index in [9.17, 15) is 24.6 Å². The number of hydrogen-bond donors (Lipinski definition) is 5. The van der Waals surface area contributed by atoms with Crippen molar-refractivity contribution in [2.45, 2.75) is 25.2 Å². The van der Waals surface area contributed by atoms with Crippen LogP contribution in [0.2, 0.25) is 0 Å². The lowest BCUT2D eigenvalue weighted by molar-refractivity contribution is -0.440. The largest absolute Gasteiger partial charge is 0.481 e. The third kappa shape index (κ3) is 5.02. The number of aliphatic hydroxyl groups excluding tert-OH is 2. The van der Waals surface area contributed by atoms with Gasteiger partial charge >= 0.3 is 17.9 Å². The fourth-order valence-corrected chi connectivity index (χ4v) is 3.91. The molecule has 0 radical (unpaired) electrons. The zero-order valence-electron chi connectivity index (χ0n) is 16.7. The molecule has 1 aromatic rings. The van der Waals surface area contributed by atoms with E-state index < -0.39 is 23.3 Å². The Morgan fingerprint density at radius 2 is 1.60 bits per heavy atom. The first-order chi connectivity index (χ1) is 14.1. The smallest absolute Gasteiger partial charge is 0.317 e. The van der Waals surface area contributed by atoms with E-state index in [0.29, 0.717) is 29.8 Å². The van der Waals surface area contributed by atoms with Crippen LogP contribution < -0.4 is 0 Å². The topological polar surface area (TPSA) is 159 Å². The van der Waals surface area contributed by atoms with E-state index >= 15 is 0 Å². The molecule has 0 aliphatic carbocycles. The molecule has 0 atom stereocenters. The van der Waals surface area contributed by atoms with Gasteiger partial charge in [-0.1, -0.05) is 6.07 Å². The van der Waals surface area contributed by atoms with Gasteiger partial charge < -0.3 is 25.5 Å². The van der Waals surface area contributed by atoms with Gasteiger partial charge in [0, 0.05) is 31.5 Å². The third-order valence-electron chi connectivity index (χ3n) is 5.43. The number of nitrogens with zero attached hydrogens (tertiary/aromatic N) is 2. The molecule has 164 valence electrons. The molecule has 1 heterocycles. The second-order valence-corrected chi connectivity index (χ2v) is 7.41. The second-order valence-electron chi connectivity index (χ2n) is 7.41. The number of fused-ring (bicyclic) bond motifs is 1. The van der Waals surface area contributed by atoms with Gasteiger partial charge in [-0.25, -0.2) is 0 Å². The highest BCUT2D eigenvalue weighted by Crippen LogP contribution is 2.40. The van der Waals surface area contributed by atoms with Crippen LogP contribution in [0.25, 0.3) is 0 Å². The highest BCUT2D eigenvalue weighted by molar-refractivity contribution is 5.94. The summed E-state index contributed by atoms with van der Waals surface area (Å²) in [6.45, 7) is 0.923. The third-order valence-corrected chi connectivity index (χ3v) is 5.43. The Balaban J connectivity index is 2.27. The average molecular weight is 423 g/mol. The molecule has 0 unspecified atom stereocenters. The van der Waals surface area contributed by atoms with E-state index in [1.807, 2.05) is 4.58 Å². The second kappa shape index (κ2) is 9.79. The Morgan fingerprint density at radius 1 is 1.00 bits per heavy atom. The molecule has 2 rings (SSSR count). The SMILES string of the molecule is CC1=[N+](CCCN(CC(=O)O)CC(=O)O)c2ccc(CC(=O)O)cc2C1(CO)CO. The molecule has 0 spiro atoms. The van der Waals surface area contributed by atoms with Crippen LogP contribution in [0.5, 0.6) is 0 Å². The Morgan fingerprint density at radius 3 is 2.10 bits per heavy atom. The summed E-state index contributed by atoms with van der Waals surface area (Å²) in [4.78, 5) is 34.3. The maximum atomic E-state index is 11.1. The van der Waals surface area contributed by atoms with Gasteiger partial charge in [0.1, 0.15) is 12.0 Å². The first-order valence-electron chi connectivity index (χ1n) is 9.49. The molecule has 0 saturated heterocycles. The van der Waals surface area contributed by atoms with Gasteiger partial charge in [-0.3, -0.25) is 19.3 Å². The van der Waals surface area contributed by atoms with Gasteiger partial charge in [0.25, 0.3) is 0 Å². The molecule has 0 bridgehead atoms. The normalized spacial score (nSPS) is 14.8. The molecule has 10 heteroatoms. The van der Waals surface area contributed by atoms with E-state index in [1.165, 1.54) is 4.90 Å². The minimum Gasteiger partial charge on any atom is -0.481 e. The number of benzene rings is 1. The lowest BCUT2D eigenvalue weighted by Gasteiger charge is -2.22. The first-order valence-corrected chi connectivity index (χ1v) is 9.49. The number of carbonyl (C=O) groups is 3. The van der Waals surface area contributed by atoms with Crippen molar-refractivity contribution in [3.05, 3.63) is 29.3 Å². The Hall–Kier alpha value is -2.82. The number of carboxylic acid groups (broad SMARTS) is 3. The quantitative estimate of drug-likeness (QED) is 0.280. The molecule has 0 fully saturated rings. The summed E-state index contributed by atoms with van der Waals surface area (Å²) in [6.07, 6.45) is 0.264. The number of rotatable bonds is 12. The lowest BCUT2D eigenvalue weighted by Crippen LogP contribution is -2.41. The van der Waals surface area contributed by atoms with Gasteiger partial charge in [0.15, 0.2) is 5.71 Å². The fourth-order valence-electron chi connectivity index (χ4n) is 3.91. The van der Waals surface area contributed by atoms with Gasteiger partial charge in [0.2, 0.25) is 5.69 Å². The van der Waals surface area contributed by atoms with Crippen molar-refractivity contribution in [3.8, 4) is 0 Å². The average Bonchev–Trinajstić information content (AvgIpc) is 2.88. The molecule has 5 N–H and O–H groups in total. The molecule has 1 aromatic carbocycles. The molecule has 1 aliphatic rings. The maximum absolute atomic E-state index is 11.1. The molecule has 1 aliphatic heterocycles. The van der Waals surface area contributed by atoms with Crippen LogP contribution in [-0.2, 0) is 26.2 Å². The Labute approximate surface area is 173 Å². The predicted molar refractivity (Wildman–Crippen MR) is 105 cm³/mol. The van der Waals surface area contributed by atoms with Crippen LogP contribution in [-0.4, -0.2) is 98.0 Å². The van der Waals surface area contributed by atoms with Gasteiger partial charge in [-0.05, 0) is 11.6 Å². The monoisotopic (exact) mass is 423 g/mol. The first kappa shape index (κ1) is 23.5. The lowest BCUT2D eigenvalue weighted by atomic mass is 9.79. The number of carboxylic acids is 3. The minimum atomic E-state index is -1.11. The maximum Gasteiger partial charge on any atom is 0.317 e. The summed E-state index contributed by atoms with van der Waals surface area (Å²) in [5.74, 6) is -3.21. The predicted octanol–water partition coefficient (Wildman–Crippen LogP) is -0.484. The van der Waals surface area contributed by atoms with Crippen molar-refractivity contribution in [1.82, 2.24) is 4.90 Å². The Bertz CT molecular complexity index is 844. The summed E-state index contributed by atoms with van der Waals surface area (Å²) in [7, 11) is 0. The molecule has 0 aromatic heterocycles. The van der Waals surface area contributed by atoms with Crippen LogP contribution in [0, 0.1) is 0 Å². The van der Waals surface area contributed by atoms with Crippen molar-refractivity contribution in [2.75, 3.05) is 39.4 Å². The summed E-state index contributed by atoms with van der Waals surface area (Å²) in [5.41, 5.74) is 1.56. The zero-order valence-corrected chi connectivity index (χ0v) is 16.7. The van der Waals surface area contributed by atoms with E-state index in [2.05, 4.69) is 0 Å². The fraction of sp³-hybridized carbons (Fsp3) is 0.500. The molecule has 0 saturated carbocycles. The molecule has 10 nitrogen and oxygen atoms in total. The van der Waals surface area contributed by atoms with Crippen molar-refractivity contribution in [2.24, 2.45) is 0 Å². The minimum absolute atomic E-state index is 0.182. The van der Waals surface area contributed by atoms with Crippen molar-refractivity contribution in [3.63, 3.8) is 0 Å².